The minimum Gasteiger partial charge on any atom is -0.361 e. The molecule has 3 heterocycles. The summed E-state index contributed by atoms with van der Waals surface area (Å²) in [6.07, 6.45) is 5.36. The van der Waals surface area contributed by atoms with Gasteiger partial charge >= 0.3 is 0 Å². The van der Waals surface area contributed by atoms with Gasteiger partial charge in [0.25, 0.3) is 0 Å². The molecule has 0 unspecified atom stereocenters. The summed E-state index contributed by atoms with van der Waals surface area (Å²) in [4.78, 5) is 9.69. The summed E-state index contributed by atoms with van der Waals surface area (Å²) in [5, 5.41) is 5.38. The average molecular weight is 393 g/mol. The lowest BCUT2D eigenvalue weighted by atomic mass is 9.87. The van der Waals surface area contributed by atoms with Gasteiger partial charge in [0, 0.05) is 29.3 Å². The minimum atomic E-state index is 0.669. The molecule has 148 valence electrons. The first-order valence-corrected chi connectivity index (χ1v) is 10.6. The number of hydrogen-bond acceptors (Lipinski definition) is 4. The molecule has 1 saturated carbocycles. The van der Waals surface area contributed by atoms with Crippen LogP contribution in [0.5, 0.6) is 0 Å². The number of aryl methyl sites for hydroxylation is 3. The van der Waals surface area contributed by atoms with Gasteiger partial charge in [0.15, 0.2) is 0 Å². The first-order chi connectivity index (χ1) is 14.6. The zero-order chi connectivity index (χ0) is 20.4. The van der Waals surface area contributed by atoms with Gasteiger partial charge in [0.1, 0.15) is 5.76 Å². The Labute approximate surface area is 175 Å². The Hall–Kier alpha value is -3.27. The molecule has 30 heavy (non-hydrogen) atoms. The molecule has 1 fully saturated rings. The van der Waals surface area contributed by atoms with E-state index in [-0.39, 0.29) is 0 Å². The van der Waals surface area contributed by atoms with Crippen LogP contribution in [0.2, 0.25) is 0 Å². The van der Waals surface area contributed by atoms with Crippen LogP contribution in [-0.2, 0) is 6.42 Å². The summed E-state index contributed by atoms with van der Waals surface area (Å²) in [6, 6.07) is 13.0. The Balaban J connectivity index is 1.66. The molecule has 2 aromatic heterocycles. The third kappa shape index (κ3) is 2.63. The number of benzene rings is 2. The largest absolute Gasteiger partial charge is 0.361 e. The second-order valence-corrected chi connectivity index (χ2v) is 8.60. The molecule has 0 spiro atoms. The Kier molecular flexibility index (Phi) is 3.73. The predicted molar refractivity (Wildman–Crippen MR) is 120 cm³/mol. The molecule has 2 aromatic carbocycles. The van der Waals surface area contributed by atoms with Crippen molar-refractivity contribution in [1.29, 1.82) is 0 Å². The topological polar surface area (TPSA) is 51.3 Å². The highest BCUT2D eigenvalue weighted by Crippen LogP contribution is 2.46. The average Bonchev–Trinajstić information content (AvgIpc) is 3.42. The zero-order valence-electron chi connectivity index (χ0n) is 17.5. The molecule has 0 radical (unpaired) electrons. The van der Waals surface area contributed by atoms with Crippen molar-refractivity contribution in [3.8, 4) is 22.3 Å². The van der Waals surface area contributed by atoms with E-state index in [2.05, 4.69) is 47.4 Å². The lowest BCUT2D eigenvalue weighted by Gasteiger charge is -2.16. The SMILES string of the molecule is Cc1ccc2ncccc2c1-c1cc(-c2c(C)noc2C)cc2c1CC(C1CC1)=N2. The Bertz CT molecular complexity index is 1340. The van der Waals surface area contributed by atoms with Crippen LogP contribution in [0.15, 0.2) is 52.1 Å². The van der Waals surface area contributed by atoms with Crippen LogP contribution in [0.4, 0.5) is 5.69 Å². The van der Waals surface area contributed by atoms with Gasteiger partial charge in [-0.1, -0.05) is 17.3 Å². The summed E-state index contributed by atoms with van der Waals surface area (Å²) < 4.78 is 5.48. The van der Waals surface area contributed by atoms with E-state index in [0.717, 1.165) is 40.2 Å². The summed E-state index contributed by atoms with van der Waals surface area (Å²) in [5.74, 6) is 1.52. The second kappa shape index (κ2) is 6.36. The fourth-order valence-corrected chi connectivity index (χ4v) is 4.85. The van der Waals surface area contributed by atoms with Crippen molar-refractivity contribution < 1.29 is 4.52 Å². The van der Waals surface area contributed by atoms with Crippen LogP contribution in [0.3, 0.4) is 0 Å². The van der Waals surface area contributed by atoms with Gasteiger partial charge in [-0.2, -0.15) is 0 Å². The number of pyridine rings is 1. The smallest absolute Gasteiger partial charge is 0.141 e. The van der Waals surface area contributed by atoms with Crippen LogP contribution < -0.4 is 0 Å². The van der Waals surface area contributed by atoms with Crippen LogP contribution in [0.25, 0.3) is 33.2 Å². The molecular formula is C26H23N3O. The van der Waals surface area contributed by atoms with Gasteiger partial charge in [0.2, 0.25) is 0 Å². The van der Waals surface area contributed by atoms with E-state index in [1.54, 1.807) is 0 Å². The van der Waals surface area contributed by atoms with Gasteiger partial charge < -0.3 is 4.52 Å². The highest BCUT2D eigenvalue weighted by atomic mass is 16.5. The van der Waals surface area contributed by atoms with E-state index in [1.807, 2.05) is 26.1 Å². The van der Waals surface area contributed by atoms with E-state index >= 15 is 0 Å². The summed E-state index contributed by atoms with van der Waals surface area (Å²) >= 11 is 0. The lowest BCUT2D eigenvalue weighted by molar-refractivity contribution is 0.393. The summed E-state index contributed by atoms with van der Waals surface area (Å²) in [6.45, 7) is 6.17. The van der Waals surface area contributed by atoms with Gasteiger partial charge in [-0.3, -0.25) is 9.98 Å². The number of nitrogens with zero attached hydrogens (tertiary/aromatic N) is 3. The molecule has 2 aliphatic rings. The Morgan fingerprint density at radius 3 is 2.63 bits per heavy atom. The maximum Gasteiger partial charge on any atom is 0.141 e. The molecule has 6 rings (SSSR count). The third-order valence-corrected chi connectivity index (χ3v) is 6.48. The molecule has 0 bridgehead atoms. The van der Waals surface area contributed by atoms with Crippen molar-refractivity contribution >= 4 is 22.3 Å². The summed E-state index contributed by atoms with van der Waals surface area (Å²) in [5.41, 5.74) is 11.7. The van der Waals surface area contributed by atoms with Crippen molar-refractivity contribution in [2.45, 2.75) is 40.0 Å². The van der Waals surface area contributed by atoms with Gasteiger partial charge in [-0.05, 0) is 91.6 Å². The van der Waals surface area contributed by atoms with Crippen LogP contribution in [0.1, 0.15) is 35.4 Å². The molecular weight excluding hydrogens is 370 g/mol. The van der Waals surface area contributed by atoms with Crippen molar-refractivity contribution in [3.05, 3.63) is 65.2 Å². The fourth-order valence-electron chi connectivity index (χ4n) is 4.85. The first kappa shape index (κ1) is 17.6. The fraction of sp³-hybridized carbons (Fsp3) is 0.269. The van der Waals surface area contributed by atoms with Gasteiger partial charge in [-0.15, -0.1) is 0 Å². The predicted octanol–water partition coefficient (Wildman–Crippen LogP) is 6.52. The van der Waals surface area contributed by atoms with E-state index < -0.39 is 0 Å². The van der Waals surface area contributed by atoms with Crippen molar-refractivity contribution in [2.75, 3.05) is 0 Å². The van der Waals surface area contributed by atoms with E-state index in [1.165, 1.54) is 46.2 Å². The van der Waals surface area contributed by atoms with Crippen LogP contribution in [0, 0.1) is 26.7 Å². The molecule has 4 aromatic rings. The molecule has 0 saturated heterocycles. The maximum absolute atomic E-state index is 5.48. The van der Waals surface area contributed by atoms with Crippen molar-refractivity contribution in [3.63, 3.8) is 0 Å². The maximum atomic E-state index is 5.48. The lowest BCUT2D eigenvalue weighted by Crippen LogP contribution is -2.01. The van der Waals surface area contributed by atoms with E-state index in [4.69, 9.17) is 9.52 Å². The first-order valence-electron chi connectivity index (χ1n) is 10.6. The molecule has 1 aliphatic carbocycles. The monoisotopic (exact) mass is 393 g/mol. The minimum absolute atomic E-state index is 0.669. The van der Waals surface area contributed by atoms with Crippen molar-refractivity contribution in [1.82, 2.24) is 10.1 Å². The Morgan fingerprint density at radius 2 is 1.87 bits per heavy atom. The Morgan fingerprint density at radius 1 is 1.00 bits per heavy atom. The number of fused-ring (bicyclic) bond motifs is 2. The normalized spacial score (nSPS) is 15.5. The van der Waals surface area contributed by atoms with E-state index in [0.29, 0.717) is 5.92 Å². The second-order valence-electron chi connectivity index (χ2n) is 8.60. The molecule has 1 aliphatic heterocycles. The quantitative estimate of drug-likeness (QED) is 0.398. The number of aliphatic imine (C=N–C) groups is 1. The molecule has 0 atom stereocenters. The number of hydrogen-bond donors (Lipinski definition) is 0. The van der Waals surface area contributed by atoms with Gasteiger partial charge in [0.05, 0.1) is 16.9 Å². The standard InChI is InChI=1S/C26H23N3O/c1-14-6-9-22-19(5-4-10-27-22)25(14)21-11-18(26-15(2)29-30-16(26)3)12-24-20(21)13-23(28-24)17-7-8-17/h4-6,9-12,17H,7-8,13H2,1-3H3. The number of rotatable bonds is 3. The third-order valence-electron chi connectivity index (χ3n) is 6.48. The molecule has 0 amide bonds. The van der Waals surface area contributed by atoms with Gasteiger partial charge in [-0.25, -0.2) is 0 Å². The molecule has 4 heteroatoms. The highest BCUT2D eigenvalue weighted by Gasteiger charge is 2.33. The van der Waals surface area contributed by atoms with Crippen LogP contribution >= 0.6 is 0 Å². The highest BCUT2D eigenvalue weighted by molar-refractivity contribution is 6.04. The van der Waals surface area contributed by atoms with Crippen molar-refractivity contribution in [2.24, 2.45) is 10.9 Å². The summed E-state index contributed by atoms with van der Waals surface area (Å²) in [7, 11) is 0. The van der Waals surface area contributed by atoms with Crippen LogP contribution in [-0.4, -0.2) is 15.9 Å². The molecule has 0 N–H and O–H groups in total. The van der Waals surface area contributed by atoms with E-state index in [9.17, 15) is 0 Å². The zero-order valence-corrected chi connectivity index (χ0v) is 17.5. The molecule has 4 nitrogen and oxygen atoms in total. The number of aromatic nitrogens is 2.